The molecule has 1 aromatic rings. The molecule has 1 rings (SSSR count). The van der Waals surface area contributed by atoms with Crippen molar-refractivity contribution < 1.29 is 13.2 Å². The van der Waals surface area contributed by atoms with Crippen LogP contribution in [0.3, 0.4) is 0 Å². The quantitative estimate of drug-likeness (QED) is 0.835. The van der Waals surface area contributed by atoms with Gasteiger partial charge in [0.1, 0.15) is 5.78 Å². The lowest BCUT2D eigenvalue weighted by Crippen LogP contribution is -2.30. The average Bonchev–Trinajstić information content (AvgIpc) is 2.28. The minimum Gasteiger partial charge on any atom is -0.299 e. The van der Waals surface area contributed by atoms with E-state index in [4.69, 9.17) is 0 Å². The lowest BCUT2D eigenvalue weighted by Gasteiger charge is -2.09. The summed E-state index contributed by atoms with van der Waals surface area (Å²) >= 11 is 0. The molecule has 0 saturated carbocycles. The molecule has 0 spiro atoms. The maximum atomic E-state index is 11.9. The van der Waals surface area contributed by atoms with Crippen LogP contribution in [-0.2, 0) is 21.2 Å². The Morgan fingerprint density at radius 2 is 1.79 bits per heavy atom. The Morgan fingerprint density at radius 1 is 1.21 bits per heavy atom. The van der Waals surface area contributed by atoms with Crippen molar-refractivity contribution in [3.8, 4) is 0 Å². The summed E-state index contributed by atoms with van der Waals surface area (Å²) in [6, 6.07) is 6.33. The lowest BCUT2D eigenvalue weighted by atomic mass is 10.1. The van der Waals surface area contributed by atoms with Gasteiger partial charge in [-0.15, -0.1) is 0 Å². The van der Waals surface area contributed by atoms with E-state index >= 15 is 0 Å². The number of Topliss-reactive ketones (excluding diaryl/α,β-unsaturated/α-hetero) is 1. The van der Waals surface area contributed by atoms with Gasteiger partial charge >= 0.3 is 0 Å². The number of sulfonamides is 1. The molecule has 0 amide bonds. The molecule has 19 heavy (non-hydrogen) atoms. The zero-order valence-corrected chi connectivity index (χ0v) is 12.5. The Labute approximate surface area is 115 Å². The van der Waals surface area contributed by atoms with Crippen LogP contribution >= 0.6 is 0 Å². The fraction of sp³-hybridized carbons (Fsp3) is 0.500. The van der Waals surface area contributed by atoms with Crippen molar-refractivity contribution in [1.82, 2.24) is 4.72 Å². The zero-order chi connectivity index (χ0) is 14.5. The molecule has 1 N–H and O–H groups in total. The van der Waals surface area contributed by atoms with Crippen LogP contribution in [0.1, 0.15) is 39.2 Å². The predicted molar refractivity (Wildman–Crippen MR) is 75.5 cm³/mol. The molecule has 106 valence electrons. The van der Waals surface area contributed by atoms with Gasteiger partial charge < -0.3 is 0 Å². The van der Waals surface area contributed by atoms with E-state index in [-0.39, 0.29) is 16.7 Å². The molecule has 0 atom stereocenters. The summed E-state index contributed by atoms with van der Waals surface area (Å²) in [4.78, 5) is 11.7. The summed E-state index contributed by atoms with van der Waals surface area (Å²) in [7, 11) is -3.45. The molecule has 0 unspecified atom stereocenters. The smallest absolute Gasteiger partial charge is 0.240 e. The summed E-state index contributed by atoms with van der Waals surface area (Å²) in [6.07, 6.45) is 1.77. The molecule has 0 aliphatic rings. The van der Waals surface area contributed by atoms with Crippen molar-refractivity contribution in [2.45, 2.75) is 51.0 Å². The third-order valence-electron chi connectivity index (χ3n) is 2.55. The van der Waals surface area contributed by atoms with E-state index in [1.165, 1.54) is 0 Å². The zero-order valence-electron chi connectivity index (χ0n) is 11.6. The van der Waals surface area contributed by atoms with Crippen LogP contribution in [0.25, 0.3) is 0 Å². The van der Waals surface area contributed by atoms with E-state index in [2.05, 4.69) is 4.72 Å². The predicted octanol–water partition coefficient (Wildman–Crippen LogP) is 2.29. The first-order valence-corrected chi connectivity index (χ1v) is 7.96. The fourth-order valence-corrected chi connectivity index (χ4v) is 3.01. The number of benzene rings is 1. The van der Waals surface area contributed by atoms with Crippen molar-refractivity contribution in [2.24, 2.45) is 0 Å². The number of hydrogen-bond donors (Lipinski definition) is 1. The third-order valence-corrected chi connectivity index (χ3v) is 4.23. The van der Waals surface area contributed by atoms with E-state index in [0.717, 1.165) is 12.0 Å². The largest absolute Gasteiger partial charge is 0.299 e. The Hall–Kier alpha value is -1.20. The van der Waals surface area contributed by atoms with Crippen LogP contribution in [0, 0.1) is 0 Å². The summed E-state index contributed by atoms with van der Waals surface area (Å²) in [5.74, 6) is 0.179. The van der Waals surface area contributed by atoms with Gasteiger partial charge in [-0.3, -0.25) is 4.79 Å². The minimum atomic E-state index is -3.45. The fourth-order valence-electron chi connectivity index (χ4n) is 1.76. The molecule has 5 heteroatoms. The summed E-state index contributed by atoms with van der Waals surface area (Å²) in [6.45, 7) is 5.51. The van der Waals surface area contributed by atoms with Gasteiger partial charge in [-0.2, -0.15) is 0 Å². The first-order valence-electron chi connectivity index (χ1n) is 6.48. The molecule has 1 aromatic carbocycles. The van der Waals surface area contributed by atoms with Crippen molar-refractivity contribution in [1.29, 1.82) is 0 Å². The van der Waals surface area contributed by atoms with Crippen molar-refractivity contribution in [3.63, 3.8) is 0 Å². The summed E-state index contributed by atoms with van der Waals surface area (Å²) in [5.41, 5.74) is 0.849. The van der Waals surface area contributed by atoms with Gasteiger partial charge in [0, 0.05) is 18.9 Å². The number of nitrogens with one attached hydrogen (secondary N) is 1. The van der Waals surface area contributed by atoms with Crippen LogP contribution in [0.5, 0.6) is 0 Å². The Kier molecular flexibility index (Phi) is 5.69. The van der Waals surface area contributed by atoms with Crippen molar-refractivity contribution in [2.75, 3.05) is 0 Å². The number of rotatable bonds is 7. The van der Waals surface area contributed by atoms with E-state index in [1.807, 2.05) is 6.92 Å². The minimum absolute atomic E-state index is 0.143. The molecule has 0 aliphatic heterocycles. The van der Waals surface area contributed by atoms with E-state index in [0.29, 0.717) is 12.8 Å². The van der Waals surface area contributed by atoms with Crippen LogP contribution in [0.4, 0.5) is 0 Å². The van der Waals surface area contributed by atoms with Gasteiger partial charge in [0.25, 0.3) is 0 Å². The van der Waals surface area contributed by atoms with Crippen LogP contribution < -0.4 is 4.72 Å². The second kappa shape index (κ2) is 6.82. The number of ketones is 1. The average molecular weight is 283 g/mol. The van der Waals surface area contributed by atoms with Crippen LogP contribution in [0.15, 0.2) is 29.2 Å². The molecule has 0 fully saturated rings. The Balaban J connectivity index is 2.79. The highest BCUT2D eigenvalue weighted by molar-refractivity contribution is 7.89. The molecule has 0 aliphatic carbocycles. The highest BCUT2D eigenvalue weighted by Crippen LogP contribution is 2.12. The first-order chi connectivity index (χ1) is 8.85. The topological polar surface area (TPSA) is 63.2 Å². The van der Waals surface area contributed by atoms with Gasteiger partial charge in [-0.1, -0.05) is 19.1 Å². The molecule has 0 saturated heterocycles. The normalized spacial score (nSPS) is 11.8. The maximum absolute atomic E-state index is 11.9. The molecule has 4 nitrogen and oxygen atoms in total. The third kappa shape index (κ3) is 5.12. The Bertz CT molecular complexity index is 518. The molecule has 0 radical (unpaired) electrons. The molecule has 0 bridgehead atoms. The van der Waals surface area contributed by atoms with Gasteiger partial charge in [0.2, 0.25) is 10.0 Å². The molecule has 0 aromatic heterocycles. The van der Waals surface area contributed by atoms with Crippen LogP contribution in [0.2, 0.25) is 0 Å². The SMILES string of the molecule is CCCC(=O)Cc1ccc(S(=O)(=O)NC(C)C)cc1. The standard InChI is InChI=1S/C14H21NO3S/c1-4-5-13(16)10-12-6-8-14(9-7-12)19(17,18)15-11(2)3/h6-9,11,15H,4-5,10H2,1-3H3. The van der Waals surface area contributed by atoms with Crippen molar-refractivity contribution >= 4 is 15.8 Å². The molecule has 0 heterocycles. The first kappa shape index (κ1) is 15.9. The second-order valence-corrected chi connectivity index (χ2v) is 6.60. The monoisotopic (exact) mass is 283 g/mol. The second-order valence-electron chi connectivity index (χ2n) is 4.89. The highest BCUT2D eigenvalue weighted by atomic mass is 32.2. The number of carbonyl (C=O) groups excluding carboxylic acids is 1. The summed E-state index contributed by atoms with van der Waals surface area (Å²) in [5, 5.41) is 0. The lowest BCUT2D eigenvalue weighted by molar-refractivity contribution is -0.118. The molecular formula is C14H21NO3S. The van der Waals surface area contributed by atoms with Gasteiger partial charge in [0.05, 0.1) is 4.90 Å². The maximum Gasteiger partial charge on any atom is 0.240 e. The van der Waals surface area contributed by atoms with E-state index in [9.17, 15) is 13.2 Å². The highest BCUT2D eigenvalue weighted by Gasteiger charge is 2.15. The summed E-state index contributed by atoms with van der Waals surface area (Å²) < 4.78 is 26.3. The van der Waals surface area contributed by atoms with E-state index < -0.39 is 10.0 Å². The number of hydrogen-bond acceptors (Lipinski definition) is 3. The Morgan fingerprint density at radius 3 is 2.26 bits per heavy atom. The van der Waals surface area contributed by atoms with Gasteiger partial charge in [-0.05, 0) is 38.0 Å². The van der Waals surface area contributed by atoms with Gasteiger partial charge in [0.15, 0.2) is 0 Å². The van der Waals surface area contributed by atoms with Crippen molar-refractivity contribution in [3.05, 3.63) is 29.8 Å². The van der Waals surface area contributed by atoms with Crippen LogP contribution in [-0.4, -0.2) is 20.2 Å². The van der Waals surface area contributed by atoms with E-state index in [1.54, 1.807) is 38.1 Å². The number of carbonyl (C=O) groups is 1. The van der Waals surface area contributed by atoms with Gasteiger partial charge in [-0.25, -0.2) is 13.1 Å². The molecular weight excluding hydrogens is 262 g/mol.